The van der Waals surface area contributed by atoms with Gasteiger partial charge in [-0.25, -0.2) is 0 Å². The van der Waals surface area contributed by atoms with Gasteiger partial charge >= 0.3 is 0 Å². The van der Waals surface area contributed by atoms with Crippen molar-refractivity contribution in [2.24, 2.45) is 0 Å². The molecular formula is C20H26BrN5O2. The monoisotopic (exact) mass is 447 g/mol. The molecule has 1 aliphatic heterocycles. The van der Waals surface area contributed by atoms with Crippen LogP contribution in [0.25, 0.3) is 0 Å². The topological polar surface area (TPSA) is 81.3 Å². The smallest absolute Gasteiger partial charge is 0.275 e. The van der Waals surface area contributed by atoms with Gasteiger partial charge in [0.15, 0.2) is 5.69 Å². The molecule has 3 rings (SSSR count). The van der Waals surface area contributed by atoms with E-state index in [1.807, 2.05) is 44.2 Å². The number of hydrogen-bond acceptors (Lipinski definition) is 4. The number of rotatable bonds is 6. The molecule has 7 nitrogen and oxygen atoms in total. The van der Waals surface area contributed by atoms with Crippen molar-refractivity contribution < 1.29 is 9.59 Å². The van der Waals surface area contributed by atoms with Gasteiger partial charge in [-0.05, 0) is 27.4 Å². The number of piperazine rings is 1. The summed E-state index contributed by atoms with van der Waals surface area (Å²) >= 11 is 3.50. The Balaban J connectivity index is 1.46. The van der Waals surface area contributed by atoms with E-state index in [2.05, 4.69) is 36.3 Å². The molecule has 0 spiro atoms. The highest BCUT2D eigenvalue weighted by atomic mass is 79.9. The van der Waals surface area contributed by atoms with Crippen LogP contribution in [0.3, 0.4) is 0 Å². The predicted molar refractivity (Wildman–Crippen MR) is 111 cm³/mol. The first-order chi connectivity index (χ1) is 13.5. The van der Waals surface area contributed by atoms with Crippen LogP contribution >= 0.6 is 15.9 Å². The summed E-state index contributed by atoms with van der Waals surface area (Å²) in [7, 11) is 0. The summed E-state index contributed by atoms with van der Waals surface area (Å²) < 4.78 is 0.746. The first-order valence-electron chi connectivity index (χ1n) is 9.51. The van der Waals surface area contributed by atoms with E-state index in [4.69, 9.17) is 0 Å². The molecule has 1 aromatic heterocycles. The number of carbonyl (C=O) groups is 2. The van der Waals surface area contributed by atoms with Crippen LogP contribution in [0.2, 0.25) is 0 Å². The van der Waals surface area contributed by atoms with Crippen molar-refractivity contribution in [1.29, 1.82) is 0 Å². The quantitative estimate of drug-likeness (QED) is 0.711. The molecule has 1 aliphatic rings. The van der Waals surface area contributed by atoms with Gasteiger partial charge in [0, 0.05) is 32.7 Å². The van der Waals surface area contributed by atoms with Crippen LogP contribution in [-0.4, -0.2) is 64.5 Å². The Hall–Kier alpha value is -2.19. The summed E-state index contributed by atoms with van der Waals surface area (Å²) in [6.07, 6.45) is 0. The van der Waals surface area contributed by atoms with Crippen molar-refractivity contribution in [2.45, 2.75) is 26.3 Å². The Bertz CT molecular complexity index is 813. The van der Waals surface area contributed by atoms with Gasteiger partial charge in [0.25, 0.3) is 5.91 Å². The van der Waals surface area contributed by atoms with Gasteiger partial charge in [-0.15, -0.1) is 0 Å². The molecule has 2 aromatic rings. The van der Waals surface area contributed by atoms with Gasteiger partial charge in [0.2, 0.25) is 5.91 Å². The second-order valence-corrected chi connectivity index (χ2v) is 8.08. The van der Waals surface area contributed by atoms with Crippen molar-refractivity contribution in [1.82, 2.24) is 25.3 Å². The highest BCUT2D eigenvalue weighted by molar-refractivity contribution is 9.10. The van der Waals surface area contributed by atoms with E-state index in [9.17, 15) is 9.59 Å². The maximum atomic E-state index is 12.8. The number of nitrogens with one attached hydrogen (secondary N) is 2. The minimum Gasteiger partial charge on any atom is -0.351 e. The Kier molecular flexibility index (Phi) is 6.85. The average molecular weight is 448 g/mol. The lowest BCUT2D eigenvalue weighted by atomic mass is 10.1. The average Bonchev–Trinajstić information content (AvgIpc) is 3.09. The third kappa shape index (κ3) is 4.99. The van der Waals surface area contributed by atoms with E-state index in [1.165, 1.54) is 0 Å². The molecule has 150 valence electrons. The minimum atomic E-state index is -0.0804. The molecule has 0 radical (unpaired) electrons. The fourth-order valence-corrected chi connectivity index (χ4v) is 3.99. The Labute approximate surface area is 173 Å². The van der Waals surface area contributed by atoms with Gasteiger partial charge in [0.1, 0.15) is 0 Å². The number of aromatic nitrogens is 2. The third-order valence-corrected chi connectivity index (χ3v) is 5.67. The first-order valence-corrected chi connectivity index (χ1v) is 10.3. The number of halogens is 1. The second kappa shape index (κ2) is 9.34. The zero-order chi connectivity index (χ0) is 20.1. The van der Waals surface area contributed by atoms with E-state index < -0.39 is 0 Å². The van der Waals surface area contributed by atoms with Crippen molar-refractivity contribution in [3.63, 3.8) is 0 Å². The standard InChI is InChI=1S/C20H26BrN5O2/c1-14(2)18-17(21)19(24-23-18)20(28)26-10-8-25(9-11-26)13-16(27)22-12-15-6-4-3-5-7-15/h3-7,14H,8-13H2,1-2H3,(H,22,27)(H,23,24). The van der Waals surface area contributed by atoms with Crippen molar-refractivity contribution in [2.75, 3.05) is 32.7 Å². The summed E-state index contributed by atoms with van der Waals surface area (Å²) in [6, 6.07) is 9.85. The molecule has 2 amide bonds. The highest BCUT2D eigenvalue weighted by Gasteiger charge is 2.27. The van der Waals surface area contributed by atoms with E-state index in [-0.39, 0.29) is 17.7 Å². The normalized spacial score (nSPS) is 15.1. The molecule has 0 saturated carbocycles. The Morgan fingerprint density at radius 2 is 1.86 bits per heavy atom. The van der Waals surface area contributed by atoms with Gasteiger partial charge in [-0.3, -0.25) is 19.6 Å². The summed E-state index contributed by atoms with van der Waals surface area (Å²) in [5, 5.41) is 10.1. The van der Waals surface area contributed by atoms with E-state index >= 15 is 0 Å². The summed E-state index contributed by atoms with van der Waals surface area (Å²) in [5.41, 5.74) is 2.44. The van der Waals surface area contributed by atoms with E-state index in [0.717, 1.165) is 15.7 Å². The molecule has 0 aliphatic carbocycles. The summed E-state index contributed by atoms with van der Waals surface area (Å²) in [6.45, 7) is 7.49. The first kappa shape index (κ1) is 20.5. The molecular weight excluding hydrogens is 422 g/mol. The fraction of sp³-hybridized carbons (Fsp3) is 0.450. The zero-order valence-electron chi connectivity index (χ0n) is 16.2. The maximum Gasteiger partial charge on any atom is 0.275 e. The number of hydrogen-bond donors (Lipinski definition) is 2. The molecule has 28 heavy (non-hydrogen) atoms. The number of H-pyrrole nitrogens is 1. The molecule has 0 atom stereocenters. The molecule has 1 aromatic carbocycles. The fourth-order valence-electron chi connectivity index (χ4n) is 3.18. The molecule has 2 N–H and O–H groups in total. The molecule has 2 heterocycles. The van der Waals surface area contributed by atoms with Crippen LogP contribution < -0.4 is 5.32 Å². The highest BCUT2D eigenvalue weighted by Crippen LogP contribution is 2.26. The lowest BCUT2D eigenvalue weighted by molar-refractivity contribution is -0.122. The molecule has 0 unspecified atom stereocenters. The zero-order valence-corrected chi connectivity index (χ0v) is 17.8. The molecule has 0 bridgehead atoms. The van der Waals surface area contributed by atoms with Crippen LogP contribution in [0.1, 0.15) is 41.5 Å². The second-order valence-electron chi connectivity index (χ2n) is 7.29. The summed E-state index contributed by atoms with van der Waals surface area (Å²) in [4.78, 5) is 28.8. The van der Waals surface area contributed by atoms with Gasteiger partial charge in [-0.1, -0.05) is 44.2 Å². The number of nitrogens with zero attached hydrogens (tertiary/aromatic N) is 3. The van der Waals surface area contributed by atoms with Gasteiger partial charge in [-0.2, -0.15) is 5.10 Å². The third-order valence-electron chi connectivity index (χ3n) is 4.87. The molecule has 8 heteroatoms. The SMILES string of the molecule is CC(C)c1[nH]nc(C(=O)N2CCN(CC(=O)NCc3ccccc3)CC2)c1Br. The van der Waals surface area contributed by atoms with Crippen molar-refractivity contribution in [3.05, 3.63) is 51.8 Å². The predicted octanol–water partition coefficient (Wildman–Crippen LogP) is 2.37. The van der Waals surface area contributed by atoms with Crippen LogP contribution in [-0.2, 0) is 11.3 Å². The van der Waals surface area contributed by atoms with E-state index in [0.29, 0.717) is 45.0 Å². The van der Waals surface area contributed by atoms with Crippen LogP contribution in [0.15, 0.2) is 34.8 Å². The molecule has 1 saturated heterocycles. The summed E-state index contributed by atoms with van der Waals surface area (Å²) in [5.74, 6) is 0.179. The maximum absolute atomic E-state index is 12.8. The largest absolute Gasteiger partial charge is 0.351 e. The van der Waals surface area contributed by atoms with Crippen molar-refractivity contribution >= 4 is 27.7 Å². The Morgan fingerprint density at radius 3 is 2.46 bits per heavy atom. The van der Waals surface area contributed by atoms with Gasteiger partial charge < -0.3 is 10.2 Å². The number of carbonyl (C=O) groups excluding carboxylic acids is 2. The van der Waals surface area contributed by atoms with Crippen LogP contribution in [0.5, 0.6) is 0 Å². The van der Waals surface area contributed by atoms with Crippen LogP contribution in [0, 0.1) is 0 Å². The number of amides is 2. The minimum absolute atomic E-state index is 0.000232. The van der Waals surface area contributed by atoms with E-state index in [1.54, 1.807) is 4.90 Å². The van der Waals surface area contributed by atoms with Crippen LogP contribution in [0.4, 0.5) is 0 Å². The molecule has 1 fully saturated rings. The lowest BCUT2D eigenvalue weighted by Gasteiger charge is -2.34. The number of aromatic amines is 1. The Morgan fingerprint density at radius 1 is 1.18 bits per heavy atom. The lowest BCUT2D eigenvalue weighted by Crippen LogP contribution is -2.51. The van der Waals surface area contributed by atoms with Crippen molar-refractivity contribution in [3.8, 4) is 0 Å². The van der Waals surface area contributed by atoms with Gasteiger partial charge in [0.05, 0.1) is 16.7 Å². The number of benzene rings is 1.